The molecule has 2 heterocycles. The highest BCUT2D eigenvalue weighted by Gasteiger charge is 2.24. The number of hydrogen-bond donors (Lipinski definition) is 3. The van der Waals surface area contributed by atoms with Crippen LogP contribution in [0.3, 0.4) is 0 Å². The predicted molar refractivity (Wildman–Crippen MR) is 59.8 cm³/mol. The van der Waals surface area contributed by atoms with Crippen LogP contribution in [0.1, 0.15) is 32.1 Å². The summed E-state index contributed by atoms with van der Waals surface area (Å²) in [4.78, 5) is 22.7. The van der Waals surface area contributed by atoms with E-state index in [0.717, 1.165) is 32.2 Å². The molecule has 2 aliphatic heterocycles. The fraction of sp³-hybridized carbons (Fsp3) is 0.818. The third-order valence-corrected chi connectivity index (χ3v) is 3.23. The lowest BCUT2D eigenvalue weighted by molar-refractivity contribution is -0.124. The number of hydrogen-bond acceptors (Lipinski definition) is 3. The normalized spacial score (nSPS) is 29.9. The van der Waals surface area contributed by atoms with Crippen LogP contribution in [0.2, 0.25) is 0 Å². The van der Waals surface area contributed by atoms with E-state index in [1.54, 1.807) is 0 Å². The van der Waals surface area contributed by atoms with Gasteiger partial charge >= 0.3 is 0 Å². The standard InChI is InChI=1S/C11H19N3O2/c15-10-5-4-8(14-10)7-13-11(16)9-3-1-2-6-12-9/h8-9,12H,1-7H2,(H,13,16)(H,14,15)/t8?,9-/m0/s1. The van der Waals surface area contributed by atoms with Crippen LogP contribution in [0.4, 0.5) is 0 Å². The number of rotatable bonds is 3. The van der Waals surface area contributed by atoms with E-state index >= 15 is 0 Å². The maximum Gasteiger partial charge on any atom is 0.237 e. The van der Waals surface area contributed by atoms with Crippen molar-refractivity contribution in [2.24, 2.45) is 0 Å². The average Bonchev–Trinajstić information content (AvgIpc) is 2.73. The first-order valence-electron chi connectivity index (χ1n) is 6.06. The Labute approximate surface area is 95.3 Å². The molecule has 0 saturated carbocycles. The van der Waals surface area contributed by atoms with Crippen LogP contribution in [0, 0.1) is 0 Å². The zero-order chi connectivity index (χ0) is 11.4. The van der Waals surface area contributed by atoms with E-state index in [-0.39, 0.29) is 23.9 Å². The third kappa shape index (κ3) is 2.95. The molecule has 0 aromatic heterocycles. The molecule has 3 N–H and O–H groups in total. The monoisotopic (exact) mass is 225 g/mol. The highest BCUT2D eigenvalue weighted by molar-refractivity contribution is 5.82. The summed E-state index contributed by atoms with van der Waals surface area (Å²) < 4.78 is 0. The number of carbonyl (C=O) groups is 2. The maximum absolute atomic E-state index is 11.8. The first-order chi connectivity index (χ1) is 7.75. The Balaban J connectivity index is 1.68. The summed E-state index contributed by atoms with van der Waals surface area (Å²) in [6.45, 7) is 1.49. The largest absolute Gasteiger partial charge is 0.353 e. The summed E-state index contributed by atoms with van der Waals surface area (Å²) >= 11 is 0. The van der Waals surface area contributed by atoms with Crippen LogP contribution >= 0.6 is 0 Å². The molecule has 90 valence electrons. The van der Waals surface area contributed by atoms with Gasteiger partial charge in [-0.25, -0.2) is 0 Å². The minimum Gasteiger partial charge on any atom is -0.353 e. The van der Waals surface area contributed by atoms with E-state index in [2.05, 4.69) is 16.0 Å². The Morgan fingerprint density at radius 3 is 2.88 bits per heavy atom. The molecule has 1 unspecified atom stereocenters. The highest BCUT2D eigenvalue weighted by Crippen LogP contribution is 2.08. The Hall–Kier alpha value is -1.10. The lowest BCUT2D eigenvalue weighted by Gasteiger charge is -2.23. The second-order valence-corrected chi connectivity index (χ2v) is 4.55. The Kier molecular flexibility index (Phi) is 3.77. The zero-order valence-corrected chi connectivity index (χ0v) is 9.42. The van der Waals surface area contributed by atoms with Gasteiger partial charge in [0, 0.05) is 19.0 Å². The molecule has 0 bridgehead atoms. The molecule has 2 aliphatic rings. The van der Waals surface area contributed by atoms with Gasteiger partial charge in [0.15, 0.2) is 0 Å². The van der Waals surface area contributed by atoms with E-state index < -0.39 is 0 Å². The predicted octanol–water partition coefficient (Wildman–Crippen LogP) is -0.477. The van der Waals surface area contributed by atoms with Crippen molar-refractivity contribution in [1.29, 1.82) is 0 Å². The van der Waals surface area contributed by atoms with Gasteiger partial charge in [-0.15, -0.1) is 0 Å². The molecule has 5 nitrogen and oxygen atoms in total. The minimum absolute atomic E-state index is 0.0362. The van der Waals surface area contributed by atoms with E-state index in [4.69, 9.17) is 0 Å². The Bertz CT molecular complexity index is 274. The van der Waals surface area contributed by atoms with Gasteiger partial charge in [-0.05, 0) is 25.8 Å². The molecule has 2 fully saturated rings. The fourth-order valence-corrected chi connectivity index (χ4v) is 2.25. The minimum atomic E-state index is -0.0362. The van der Waals surface area contributed by atoms with Gasteiger partial charge in [0.1, 0.15) is 0 Å². The van der Waals surface area contributed by atoms with Crippen LogP contribution in [0.5, 0.6) is 0 Å². The van der Waals surface area contributed by atoms with E-state index in [1.807, 2.05) is 0 Å². The first-order valence-corrected chi connectivity index (χ1v) is 6.06. The summed E-state index contributed by atoms with van der Waals surface area (Å²) in [6.07, 6.45) is 4.61. The van der Waals surface area contributed by atoms with Gasteiger partial charge in [0.2, 0.25) is 11.8 Å². The van der Waals surface area contributed by atoms with Gasteiger partial charge in [-0.2, -0.15) is 0 Å². The molecule has 2 atom stereocenters. The van der Waals surface area contributed by atoms with Crippen molar-refractivity contribution in [3.63, 3.8) is 0 Å². The van der Waals surface area contributed by atoms with Crippen LogP contribution in [0.15, 0.2) is 0 Å². The van der Waals surface area contributed by atoms with Crippen LogP contribution in [0.25, 0.3) is 0 Å². The average molecular weight is 225 g/mol. The molecule has 0 aliphatic carbocycles. The molecule has 0 radical (unpaired) electrons. The van der Waals surface area contributed by atoms with Crippen LogP contribution in [-0.2, 0) is 9.59 Å². The second kappa shape index (κ2) is 5.30. The first kappa shape index (κ1) is 11.4. The molecule has 0 aromatic carbocycles. The van der Waals surface area contributed by atoms with Gasteiger partial charge < -0.3 is 16.0 Å². The van der Waals surface area contributed by atoms with Gasteiger partial charge in [-0.1, -0.05) is 6.42 Å². The molecule has 5 heteroatoms. The third-order valence-electron chi connectivity index (χ3n) is 3.23. The van der Waals surface area contributed by atoms with Crippen molar-refractivity contribution >= 4 is 11.8 Å². The van der Waals surface area contributed by atoms with Gasteiger partial charge in [0.05, 0.1) is 6.04 Å². The van der Waals surface area contributed by atoms with Gasteiger partial charge in [0.25, 0.3) is 0 Å². The summed E-state index contributed by atoms with van der Waals surface area (Å²) in [5.74, 6) is 0.163. The lowest BCUT2D eigenvalue weighted by Crippen LogP contribution is -2.49. The van der Waals surface area contributed by atoms with Crippen LogP contribution < -0.4 is 16.0 Å². The number of carbonyl (C=O) groups excluding carboxylic acids is 2. The lowest BCUT2D eigenvalue weighted by atomic mass is 10.0. The summed E-state index contributed by atoms with van der Waals surface area (Å²) in [5, 5.41) is 8.94. The van der Waals surface area contributed by atoms with Crippen molar-refractivity contribution in [3.8, 4) is 0 Å². The molecule has 0 aromatic rings. The Morgan fingerprint density at radius 2 is 2.25 bits per heavy atom. The molecular weight excluding hydrogens is 206 g/mol. The molecule has 2 saturated heterocycles. The summed E-state index contributed by atoms with van der Waals surface area (Å²) in [6, 6.07) is 0.0888. The van der Waals surface area contributed by atoms with E-state index in [0.29, 0.717) is 13.0 Å². The number of piperidine rings is 1. The van der Waals surface area contributed by atoms with Crippen LogP contribution in [-0.4, -0.2) is 37.0 Å². The Morgan fingerprint density at radius 1 is 1.38 bits per heavy atom. The van der Waals surface area contributed by atoms with Crippen molar-refractivity contribution in [2.45, 2.75) is 44.2 Å². The molecule has 16 heavy (non-hydrogen) atoms. The van der Waals surface area contributed by atoms with E-state index in [1.165, 1.54) is 0 Å². The molecule has 2 rings (SSSR count). The molecule has 0 spiro atoms. The topological polar surface area (TPSA) is 70.2 Å². The fourth-order valence-electron chi connectivity index (χ4n) is 2.25. The SMILES string of the molecule is O=C1CCC(CNC(=O)[C@@H]2CCCCN2)N1. The zero-order valence-electron chi connectivity index (χ0n) is 9.42. The summed E-state index contributed by atoms with van der Waals surface area (Å²) in [7, 11) is 0. The van der Waals surface area contributed by atoms with Crippen molar-refractivity contribution in [3.05, 3.63) is 0 Å². The van der Waals surface area contributed by atoms with Crippen molar-refractivity contribution < 1.29 is 9.59 Å². The summed E-state index contributed by atoms with van der Waals surface area (Å²) in [5.41, 5.74) is 0. The van der Waals surface area contributed by atoms with Crippen molar-refractivity contribution in [1.82, 2.24) is 16.0 Å². The molecular formula is C11H19N3O2. The van der Waals surface area contributed by atoms with Crippen molar-refractivity contribution in [2.75, 3.05) is 13.1 Å². The van der Waals surface area contributed by atoms with E-state index in [9.17, 15) is 9.59 Å². The molecule has 2 amide bonds. The second-order valence-electron chi connectivity index (χ2n) is 4.55. The number of amides is 2. The quantitative estimate of drug-likeness (QED) is 0.608. The smallest absolute Gasteiger partial charge is 0.237 e. The van der Waals surface area contributed by atoms with Gasteiger partial charge in [-0.3, -0.25) is 9.59 Å². The highest BCUT2D eigenvalue weighted by atomic mass is 16.2. The maximum atomic E-state index is 11.8. The number of nitrogens with one attached hydrogen (secondary N) is 3.